The first kappa shape index (κ1) is 19.7. The summed E-state index contributed by atoms with van der Waals surface area (Å²) >= 11 is 0. The maximum Gasteiger partial charge on any atom is 0.337 e. The van der Waals surface area contributed by atoms with Crippen molar-refractivity contribution in [2.24, 2.45) is 0 Å². The van der Waals surface area contributed by atoms with Crippen LogP contribution in [0.2, 0.25) is 0 Å². The number of nitrogens with zero attached hydrogens (tertiary/aromatic N) is 2. The Hall–Kier alpha value is -3.61. The number of benzene rings is 2. The van der Waals surface area contributed by atoms with Gasteiger partial charge in [0.1, 0.15) is 5.82 Å². The third kappa shape index (κ3) is 5.05. The van der Waals surface area contributed by atoms with Crippen LogP contribution in [-0.2, 0) is 19.5 Å². The normalized spacial score (nSPS) is 11.2. The molecule has 1 aromatic heterocycles. The quantitative estimate of drug-likeness (QED) is 0.462. The van der Waals surface area contributed by atoms with Gasteiger partial charge in [0.15, 0.2) is 0 Å². The van der Waals surface area contributed by atoms with Crippen molar-refractivity contribution in [2.75, 3.05) is 5.32 Å². The molecule has 0 amide bonds. The molecule has 0 spiro atoms. The molecule has 3 aromatic rings. The minimum atomic E-state index is -1.02. The van der Waals surface area contributed by atoms with E-state index in [0.717, 1.165) is 30.7 Å². The molecular weight excluding hydrogens is 382 g/mol. The molecule has 1 heterocycles. The van der Waals surface area contributed by atoms with E-state index in [-0.39, 0.29) is 23.8 Å². The molecule has 0 aliphatic heterocycles. The second-order valence-corrected chi connectivity index (χ2v) is 6.98. The summed E-state index contributed by atoms with van der Waals surface area (Å²) in [5.41, 5.74) is 2.40. The van der Waals surface area contributed by atoms with Crippen LogP contribution in [0, 0.1) is 0 Å². The van der Waals surface area contributed by atoms with Gasteiger partial charge in [0.2, 0.25) is 0 Å². The Bertz CT molecular complexity index is 1080. The molecule has 0 saturated heterocycles. The van der Waals surface area contributed by atoms with Crippen LogP contribution in [-0.4, -0.2) is 31.7 Å². The van der Waals surface area contributed by atoms with Gasteiger partial charge < -0.3 is 20.1 Å². The number of hydrogen-bond donors (Lipinski definition) is 3. The molecule has 7 nitrogen and oxygen atoms in total. The predicted octanol–water partition coefficient (Wildman–Crippen LogP) is 4.28. The Labute approximate surface area is 176 Å². The zero-order valence-corrected chi connectivity index (χ0v) is 16.8. The molecule has 0 atom stereocenters. The fourth-order valence-electron chi connectivity index (χ4n) is 3.19. The number of imidazole rings is 1. The van der Waals surface area contributed by atoms with Gasteiger partial charge in [-0.05, 0) is 36.2 Å². The number of aromatic nitrogens is 2. The van der Waals surface area contributed by atoms with Crippen LogP contribution in [0.1, 0.15) is 58.9 Å². The fraction of sp³-hybridized carbons (Fsp3) is 0.261. The number of rotatable bonds is 10. The van der Waals surface area contributed by atoms with Gasteiger partial charge in [-0.25, -0.2) is 14.6 Å². The third-order valence-electron chi connectivity index (χ3n) is 4.85. The van der Waals surface area contributed by atoms with Gasteiger partial charge in [-0.3, -0.25) is 0 Å². The van der Waals surface area contributed by atoms with Crippen LogP contribution in [0.15, 0.2) is 54.7 Å². The first-order valence-electron chi connectivity index (χ1n) is 10.3. The molecular formula is C23H25N3O4. The van der Waals surface area contributed by atoms with Gasteiger partial charge in [-0.1, -0.05) is 37.6 Å². The van der Waals surface area contributed by atoms with Crippen LogP contribution in [0.5, 0.6) is 0 Å². The van der Waals surface area contributed by atoms with E-state index in [1.54, 1.807) is 42.5 Å². The number of hydrogen-bond acceptors (Lipinski definition) is 4. The fourth-order valence-corrected chi connectivity index (χ4v) is 3.19. The molecule has 0 bridgehead atoms. The number of aryl methyl sites for hydroxylation is 1. The molecule has 156 valence electrons. The van der Waals surface area contributed by atoms with E-state index in [9.17, 15) is 14.7 Å². The highest BCUT2D eigenvalue weighted by molar-refractivity contribution is 5.94. The number of carboxylic acid groups (broad SMARTS) is 2. The highest BCUT2D eigenvalue weighted by Crippen LogP contribution is 2.18. The first-order valence-corrected chi connectivity index (χ1v) is 9.84. The van der Waals surface area contributed by atoms with Crippen molar-refractivity contribution in [2.45, 2.75) is 39.3 Å². The van der Waals surface area contributed by atoms with Crippen LogP contribution >= 0.6 is 0 Å². The number of unbranched alkanes of at least 4 members (excludes halogenated alkanes) is 1. The van der Waals surface area contributed by atoms with Gasteiger partial charge in [0.25, 0.3) is 0 Å². The maximum absolute atomic E-state index is 11.5. The van der Waals surface area contributed by atoms with Crippen molar-refractivity contribution in [3.63, 3.8) is 0 Å². The van der Waals surface area contributed by atoms with E-state index in [0.29, 0.717) is 17.9 Å². The highest BCUT2D eigenvalue weighted by atomic mass is 16.4. The van der Waals surface area contributed by atoms with Crippen molar-refractivity contribution in [1.29, 1.82) is 0 Å². The summed E-state index contributed by atoms with van der Waals surface area (Å²) < 4.78 is 10.3. The largest absolute Gasteiger partial charge is 0.478 e. The first-order chi connectivity index (χ1) is 14.9. The Kier molecular flexibility index (Phi) is 6.39. The average molecular weight is 409 g/mol. The van der Waals surface area contributed by atoms with Gasteiger partial charge >= 0.3 is 11.9 Å². The summed E-state index contributed by atoms with van der Waals surface area (Å²) in [5.74, 6) is -1.21. The minimum Gasteiger partial charge on any atom is -0.478 e. The molecule has 2 aromatic carbocycles. The maximum atomic E-state index is 11.5. The van der Waals surface area contributed by atoms with E-state index in [1.807, 2.05) is 4.57 Å². The SMILES string of the molecule is [3H]c1nc(CCCC)n(Cc2ccc(C(=O)O)cc2)c1CNc1ccccc1C(=O)O. The lowest BCUT2D eigenvalue weighted by Crippen LogP contribution is -2.13. The Balaban J connectivity index is 1.90. The average Bonchev–Trinajstić information content (AvgIpc) is 3.05. The summed E-state index contributed by atoms with van der Waals surface area (Å²) in [6, 6.07) is 13.3. The number of carbonyl (C=O) groups is 2. The van der Waals surface area contributed by atoms with E-state index in [2.05, 4.69) is 17.2 Å². The number of aromatic carboxylic acids is 2. The lowest BCUT2D eigenvalue weighted by molar-refractivity contribution is 0.0686. The summed E-state index contributed by atoms with van der Waals surface area (Å²) in [4.78, 5) is 27.0. The number of para-hydroxylation sites is 1. The standard InChI is InChI=1S/C23H25N3O4/c1-2-3-8-21-25-14-18(13-24-20-7-5-4-6-19(20)23(29)30)26(21)15-16-9-11-17(12-10-16)22(27)28/h4-7,9-12,14,24H,2-3,8,13,15H2,1H3,(H,27,28)(H,29,30)/i14T. The van der Waals surface area contributed by atoms with Gasteiger partial charge in [-0.15, -0.1) is 0 Å². The lowest BCUT2D eigenvalue weighted by Gasteiger charge is -2.14. The molecule has 3 rings (SSSR count). The van der Waals surface area contributed by atoms with E-state index >= 15 is 0 Å². The van der Waals surface area contributed by atoms with Crippen LogP contribution in [0.3, 0.4) is 0 Å². The minimum absolute atomic E-state index is 0.147. The second-order valence-electron chi connectivity index (χ2n) is 6.98. The van der Waals surface area contributed by atoms with Gasteiger partial charge in [0, 0.05) is 18.7 Å². The highest BCUT2D eigenvalue weighted by Gasteiger charge is 2.13. The molecule has 0 unspecified atom stereocenters. The number of anilines is 1. The summed E-state index contributed by atoms with van der Waals surface area (Å²) in [7, 11) is 0. The summed E-state index contributed by atoms with van der Waals surface area (Å²) in [6.07, 6.45) is 2.80. The van der Waals surface area contributed by atoms with Crippen molar-refractivity contribution in [1.82, 2.24) is 9.55 Å². The topological polar surface area (TPSA) is 104 Å². The zero-order chi connectivity index (χ0) is 22.4. The van der Waals surface area contributed by atoms with E-state index < -0.39 is 11.9 Å². The van der Waals surface area contributed by atoms with Crippen molar-refractivity contribution in [3.05, 3.63) is 82.9 Å². The van der Waals surface area contributed by atoms with E-state index in [1.165, 1.54) is 6.07 Å². The van der Waals surface area contributed by atoms with Crippen LogP contribution < -0.4 is 5.32 Å². The van der Waals surface area contributed by atoms with Crippen molar-refractivity contribution in [3.8, 4) is 0 Å². The predicted molar refractivity (Wildman–Crippen MR) is 114 cm³/mol. The van der Waals surface area contributed by atoms with Crippen molar-refractivity contribution < 1.29 is 21.2 Å². The molecule has 0 fully saturated rings. The van der Waals surface area contributed by atoms with E-state index in [4.69, 9.17) is 6.48 Å². The summed E-state index contributed by atoms with van der Waals surface area (Å²) in [6.45, 7) is 2.78. The Morgan fingerprint density at radius 1 is 1.10 bits per heavy atom. The zero-order valence-electron chi connectivity index (χ0n) is 17.8. The molecule has 7 heteroatoms. The molecule has 0 saturated carbocycles. The van der Waals surface area contributed by atoms with Crippen molar-refractivity contribution >= 4 is 17.6 Å². The van der Waals surface area contributed by atoms with Gasteiger partial charge in [-0.2, -0.15) is 0 Å². The third-order valence-corrected chi connectivity index (χ3v) is 4.85. The Morgan fingerprint density at radius 3 is 2.50 bits per heavy atom. The van der Waals surface area contributed by atoms with Gasteiger partial charge in [0.05, 0.1) is 30.9 Å². The molecule has 0 aliphatic carbocycles. The number of nitrogens with one attached hydrogen (secondary N) is 1. The second kappa shape index (κ2) is 9.73. The Morgan fingerprint density at radius 2 is 1.83 bits per heavy atom. The van der Waals surface area contributed by atoms with Crippen LogP contribution in [0.4, 0.5) is 5.69 Å². The lowest BCUT2D eigenvalue weighted by atomic mass is 10.1. The van der Waals surface area contributed by atoms with Crippen LogP contribution in [0.25, 0.3) is 0 Å². The molecule has 0 aliphatic rings. The molecule has 30 heavy (non-hydrogen) atoms. The monoisotopic (exact) mass is 409 g/mol. The number of carboxylic acids is 2. The molecule has 3 N–H and O–H groups in total. The summed E-state index contributed by atoms with van der Waals surface area (Å²) in [5, 5.41) is 21.6. The molecule has 0 radical (unpaired) electrons. The smallest absolute Gasteiger partial charge is 0.337 e.